The van der Waals surface area contributed by atoms with Crippen molar-refractivity contribution in [2.45, 2.75) is 25.8 Å². The van der Waals surface area contributed by atoms with Gasteiger partial charge in [-0.2, -0.15) is 0 Å². The summed E-state index contributed by atoms with van der Waals surface area (Å²) in [7, 11) is 0. The number of hydrogen-bond acceptors (Lipinski definition) is 3. The summed E-state index contributed by atoms with van der Waals surface area (Å²) in [4.78, 5) is 40.2. The SMILES string of the molecule is C[C@@H]1CN(C(=O)C2CCCN2C(=O)c2cc(Cl)cc(Cl)c2)C[C@H]1C(=O)O. The van der Waals surface area contributed by atoms with Gasteiger partial charge in [-0.1, -0.05) is 30.1 Å². The van der Waals surface area contributed by atoms with Gasteiger partial charge in [0.25, 0.3) is 5.91 Å². The van der Waals surface area contributed by atoms with Crippen LogP contribution >= 0.6 is 23.2 Å². The van der Waals surface area contributed by atoms with E-state index in [4.69, 9.17) is 23.2 Å². The van der Waals surface area contributed by atoms with Crippen molar-refractivity contribution < 1.29 is 19.5 Å². The van der Waals surface area contributed by atoms with Crippen LogP contribution in [0.25, 0.3) is 0 Å². The summed E-state index contributed by atoms with van der Waals surface area (Å²) in [5.41, 5.74) is 0.348. The number of rotatable bonds is 3. The van der Waals surface area contributed by atoms with Gasteiger partial charge in [-0.15, -0.1) is 0 Å². The molecule has 2 fully saturated rings. The number of benzene rings is 1. The lowest BCUT2D eigenvalue weighted by Gasteiger charge is -2.28. The molecule has 0 aromatic heterocycles. The van der Waals surface area contributed by atoms with E-state index in [1.807, 2.05) is 6.92 Å². The molecule has 1 unspecified atom stereocenters. The summed E-state index contributed by atoms with van der Waals surface area (Å²) in [5, 5.41) is 9.99. The van der Waals surface area contributed by atoms with E-state index in [0.29, 0.717) is 35.1 Å². The van der Waals surface area contributed by atoms with Crippen molar-refractivity contribution in [3.05, 3.63) is 33.8 Å². The number of nitrogens with zero attached hydrogens (tertiary/aromatic N) is 2. The van der Waals surface area contributed by atoms with Gasteiger partial charge in [0.15, 0.2) is 0 Å². The van der Waals surface area contributed by atoms with Gasteiger partial charge in [0, 0.05) is 35.2 Å². The van der Waals surface area contributed by atoms with E-state index < -0.39 is 17.9 Å². The predicted molar refractivity (Wildman–Crippen MR) is 97.4 cm³/mol. The first-order valence-corrected chi connectivity index (χ1v) is 9.32. The lowest BCUT2D eigenvalue weighted by molar-refractivity contribution is -0.142. The minimum Gasteiger partial charge on any atom is -0.481 e. The molecular formula is C18H20Cl2N2O4. The van der Waals surface area contributed by atoms with Crippen molar-refractivity contribution in [1.29, 1.82) is 0 Å². The molecule has 2 aliphatic heterocycles. The molecule has 0 aliphatic carbocycles. The highest BCUT2D eigenvalue weighted by molar-refractivity contribution is 6.35. The van der Waals surface area contributed by atoms with Crippen LogP contribution in [0.1, 0.15) is 30.1 Å². The molecule has 140 valence electrons. The molecule has 3 atom stereocenters. The summed E-state index contributed by atoms with van der Waals surface area (Å²) in [6.45, 7) is 2.90. The molecule has 6 nitrogen and oxygen atoms in total. The number of halogens is 2. The third kappa shape index (κ3) is 3.67. The summed E-state index contributed by atoms with van der Waals surface area (Å²) >= 11 is 12.0. The number of carboxylic acids is 1. The number of carbonyl (C=O) groups excluding carboxylic acids is 2. The lowest BCUT2D eigenvalue weighted by atomic mass is 9.99. The monoisotopic (exact) mass is 398 g/mol. The van der Waals surface area contributed by atoms with E-state index in [1.54, 1.807) is 15.9 Å². The maximum absolute atomic E-state index is 12.9. The van der Waals surface area contributed by atoms with Gasteiger partial charge >= 0.3 is 5.97 Å². The first-order valence-electron chi connectivity index (χ1n) is 8.56. The first-order chi connectivity index (χ1) is 12.3. The Balaban J connectivity index is 1.76. The average Bonchev–Trinajstić information content (AvgIpc) is 3.19. The molecule has 0 saturated carbocycles. The van der Waals surface area contributed by atoms with Crippen LogP contribution in [0, 0.1) is 11.8 Å². The second-order valence-electron chi connectivity index (χ2n) is 6.98. The highest BCUT2D eigenvalue weighted by Gasteiger charge is 2.42. The Bertz CT molecular complexity index is 734. The lowest BCUT2D eigenvalue weighted by Crippen LogP contribution is -2.47. The quantitative estimate of drug-likeness (QED) is 0.848. The van der Waals surface area contributed by atoms with Gasteiger partial charge < -0.3 is 14.9 Å². The van der Waals surface area contributed by atoms with Crippen LogP contribution in [0.3, 0.4) is 0 Å². The fourth-order valence-corrected chi connectivity index (χ4v) is 4.31. The van der Waals surface area contributed by atoms with Gasteiger partial charge in [0.2, 0.25) is 5.91 Å². The van der Waals surface area contributed by atoms with E-state index in [1.165, 1.54) is 12.1 Å². The van der Waals surface area contributed by atoms with Crippen molar-refractivity contribution in [3.63, 3.8) is 0 Å². The summed E-state index contributed by atoms with van der Waals surface area (Å²) < 4.78 is 0. The molecule has 8 heteroatoms. The van der Waals surface area contributed by atoms with E-state index in [2.05, 4.69) is 0 Å². The standard InChI is InChI=1S/C18H20Cl2N2O4/c1-10-8-21(9-14(10)18(25)26)17(24)15-3-2-4-22(15)16(23)11-5-12(19)7-13(20)6-11/h5-7,10,14-15H,2-4,8-9H2,1H3,(H,25,26)/t10-,14-,15?/m1/s1. The van der Waals surface area contributed by atoms with Crippen LogP contribution in [0.2, 0.25) is 10.0 Å². The minimum atomic E-state index is -0.888. The molecule has 2 heterocycles. The molecule has 1 aromatic rings. The predicted octanol–water partition coefficient (Wildman–Crippen LogP) is 2.78. The number of carboxylic acid groups (broad SMARTS) is 1. The van der Waals surface area contributed by atoms with Crippen molar-refractivity contribution in [1.82, 2.24) is 9.80 Å². The van der Waals surface area contributed by atoms with Crippen LogP contribution in [0.5, 0.6) is 0 Å². The van der Waals surface area contributed by atoms with Gasteiger partial charge in [0.1, 0.15) is 6.04 Å². The zero-order chi connectivity index (χ0) is 19.0. The minimum absolute atomic E-state index is 0.103. The van der Waals surface area contributed by atoms with Crippen LogP contribution < -0.4 is 0 Å². The zero-order valence-corrected chi connectivity index (χ0v) is 15.8. The third-order valence-corrected chi connectivity index (χ3v) is 5.59. The van der Waals surface area contributed by atoms with E-state index >= 15 is 0 Å². The summed E-state index contributed by atoms with van der Waals surface area (Å²) in [5.74, 6) is -2.02. The van der Waals surface area contributed by atoms with Gasteiger partial charge in [-0.05, 0) is 37.0 Å². The average molecular weight is 399 g/mol. The molecule has 2 aliphatic rings. The Morgan fingerprint density at radius 3 is 2.35 bits per heavy atom. The Kier molecular flexibility index (Phi) is 5.44. The fraction of sp³-hybridized carbons (Fsp3) is 0.500. The van der Waals surface area contributed by atoms with Crippen LogP contribution in [0.15, 0.2) is 18.2 Å². The zero-order valence-electron chi connectivity index (χ0n) is 14.3. The molecule has 0 radical (unpaired) electrons. The Morgan fingerprint density at radius 2 is 1.77 bits per heavy atom. The Hall–Kier alpha value is -1.79. The number of likely N-dealkylation sites (tertiary alicyclic amines) is 2. The van der Waals surface area contributed by atoms with E-state index in [-0.39, 0.29) is 24.3 Å². The van der Waals surface area contributed by atoms with Crippen molar-refractivity contribution >= 4 is 41.0 Å². The van der Waals surface area contributed by atoms with Gasteiger partial charge in [-0.25, -0.2) is 0 Å². The normalized spacial score (nSPS) is 25.6. The number of carbonyl (C=O) groups is 3. The van der Waals surface area contributed by atoms with E-state index in [9.17, 15) is 19.5 Å². The number of amides is 2. The third-order valence-electron chi connectivity index (χ3n) is 5.15. The second kappa shape index (κ2) is 7.45. The van der Waals surface area contributed by atoms with Crippen molar-refractivity contribution in [2.24, 2.45) is 11.8 Å². The largest absolute Gasteiger partial charge is 0.481 e. The van der Waals surface area contributed by atoms with Crippen LogP contribution in [-0.4, -0.2) is 58.4 Å². The van der Waals surface area contributed by atoms with Crippen LogP contribution in [0.4, 0.5) is 0 Å². The highest BCUT2D eigenvalue weighted by Crippen LogP contribution is 2.29. The topological polar surface area (TPSA) is 77.9 Å². The highest BCUT2D eigenvalue weighted by atomic mass is 35.5. The molecule has 26 heavy (non-hydrogen) atoms. The number of hydrogen-bond donors (Lipinski definition) is 1. The molecule has 0 spiro atoms. The maximum atomic E-state index is 12.9. The molecular weight excluding hydrogens is 379 g/mol. The summed E-state index contributed by atoms with van der Waals surface area (Å²) in [6, 6.07) is 4.05. The van der Waals surface area contributed by atoms with Crippen molar-refractivity contribution in [3.8, 4) is 0 Å². The second-order valence-corrected chi connectivity index (χ2v) is 7.85. The molecule has 0 bridgehead atoms. The first kappa shape index (κ1) is 19.0. The smallest absolute Gasteiger partial charge is 0.308 e. The molecule has 2 saturated heterocycles. The Labute approximate surface area is 161 Å². The molecule has 3 rings (SSSR count). The van der Waals surface area contributed by atoms with Gasteiger partial charge in [0.05, 0.1) is 5.92 Å². The van der Waals surface area contributed by atoms with Crippen LogP contribution in [-0.2, 0) is 9.59 Å². The van der Waals surface area contributed by atoms with E-state index in [0.717, 1.165) is 6.42 Å². The van der Waals surface area contributed by atoms with Crippen molar-refractivity contribution in [2.75, 3.05) is 19.6 Å². The molecule has 1 N–H and O–H groups in total. The Morgan fingerprint density at radius 1 is 1.12 bits per heavy atom. The summed E-state index contributed by atoms with van der Waals surface area (Å²) in [6.07, 6.45) is 1.30. The maximum Gasteiger partial charge on any atom is 0.308 e. The number of aliphatic carboxylic acids is 1. The molecule has 1 aromatic carbocycles. The van der Waals surface area contributed by atoms with Gasteiger partial charge in [-0.3, -0.25) is 14.4 Å². The molecule has 2 amide bonds. The fourth-order valence-electron chi connectivity index (χ4n) is 3.79.